The van der Waals surface area contributed by atoms with Gasteiger partial charge in [-0.25, -0.2) is 0 Å². The lowest BCUT2D eigenvalue weighted by molar-refractivity contribution is 0.187. The Labute approximate surface area is 75.7 Å². The third-order valence-corrected chi connectivity index (χ3v) is 3.38. The molecule has 0 aromatic carbocycles. The summed E-state index contributed by atoms with van der Waals surface area (Å²) in [6.07, 6.45) is 4.15. The van der Waals surface area contributed by atoms with Gasteiger partial charge in [0, 0.05) is 19.2 Å². The monoisotopic (exact) mass is 165 g/mol. The maximum absolute atomic E-state index is 5.11. The van der Waals surface area contributed by atoms with Crippen LogP contribution in [0.25, 0.3) is 0 Å². The van der Waals surface area contributed by atoms with E-state index in [9.17, 15) is 0 Å². The van der Waals surface area contributed by atoms with Crippen LogP contribution in [0.5, 0.6) is 0 Å². The van der Waals surface area contributed by atoms with E-state index in [1.54, 1.807) is 0 Å². The number of hydrogen-bond donors (Lipinski definition) is 0. The van der Waals surface area contributed by atoms with Crippen molar-refractivity contribution < 1.29 is 4.65 Å². The Morgan fingerprint density at radius 2 is 2.33 bits per heavy atom. The normalized spacial score (nSPS) is 32.9. The summed E-state index contributed by atoms with van der Waals surface area (Å²) in [5, 5.41) is 0. The van der Waals surface area contributed by atoms with Crippen LogP contribution in [0.4, 0.5) is 0 Å². The fourth-order valence-corrected chi connectivity index (χ4v) is 2.44. The van der Waals surface area contributed by atoms with Gasteiger partial charge in [0.2, 0.25) is 0 Å². The first-order valence-electron chi connectivity index (χ1n) is 4.85. The highest BCUT2D eigenvalue weighted by Crippen LogP contribution is 2.54. The van der Waals surface area contributed by atoms with Gasteiger partial charge in [-0.05, 0) is 31.2 Å². The Hall–Kier alpha value is -0.0151. The third kappa shape index (κ3) is 1.40. The number of hydrogen-bond acceptors (Lipinski definition) is 2. The minimum absolute atomic E-state index is 0.586. The molecule has 2 nitrogen and oxygen atoms in total. The lowest BCUT2D eigenvalue weighted by Crippen LogP contribution is -2.32. The summed E-state index contributed by atoms with van der Waals surface area (Å²) < 4.78 is 4.74. The number of likely N-dealkylation sites (N-methyl/N-ethyl adjacent to an activating group) is 1. The first-order valence-corrected chi connectivity index (χ1v) is 4.85. The van der Waals surface area contributed by atoms with E-state index in [4.69, 9.17) is 12.7 Å². The minimum Gasteiger partial charge on any atom is -0.446 e. The minimum atomic E-state index is 0.586. The third-order valence-electron chi connectivity index (χ3n) is 3.38. The zero-order valence-corrected chi connectivity index (χ0v) is 7.75. The first kappa shape index (κ1) is 8.58. The van der Waals surface area contributed by atoms with E-state index in [1.807, 2.05) is 0 Å². The molecular formula is C9H16BNO. The second kappa shape index (κ2) is 3.04. The SMILES string of the molecule is [B]OCC1CC2(CC2)CN1CC. The van der Waals surface area contributed by atoms with Crippen LogP contribution in [0.1, 0.15) is 26.2 Å². The summed E-state index contributed by atoms with van der Waals surface area (Å²) >= 11 is 0. The Kier molecular flexibility index (Phi) is 2.17. The Balaban J connectivity index is 1.93. The zero-order valence-electron chi connectivity index (χ0n) is 7.75. The summed E-state index contributed by atoms with van der Waals surface area (Å²) in [5.41, 5.74) is 0.680. The Morgan fingerprint density at radius 3 is 2.83 bits per heavy atom. The molecule has 1 aliphatic heterocycles. The van der Waals surface area contributed by atoms with Gasteiger partial charge in [0.05, 0.1) is 0 Å². The van der Waals surface area contributed by atoms with Crippen LogP contribution < -0.4 is 0 Å². The molecule has 1 saturated heterocycles. The average Bonchev–Trinajstić information content (AvgIpc) is 2.70. The van der Waals surface area contributed by atoms with Crippen LogP contribution in [-0.4, -0.2) is 38.7 Å². The van der Waals surface area contributed by atoms with Crippen LogP contribution >= 0.6 is 0 Å². The van der Waals surface area contributed by atoms with Crippen molar-refractivity contribution in [2.24, 2.45) is 5.41 Å². The lowest BCUT2D eigenvalue weighted by Gasteiger charge is -2.21. The highest BCUT2D eigenvalue weighted by molar-refractivity contribution is 5.97. The molecule has 0 amide bonds. The number of likely N-dealkylation sites (tertiary alicyclic amines) is 1. The van der Waals surface area contributed by atoms with Gasteiger partial charge in [-0.3, -0.25) is 4.90 Å². The second-order valence-electron chi connectivity index (χ2n) is 4.25. The largest absolute Gasteiger partial charge is 0.446 e. The quantitative estimate of drug-likeness (QED) is 0.577. The van der Waals surface area contributed by atoms with Gasteiger partial charge in [-0.15, -0.1) is 0 Å². The predicted octanol–water partition coefficient (Wildman–Crippen LogP) is 0.961. The van der Waals surface area contributed by atoms with Crippen LogP contribution in [0.3, 0.4) is 0 Å². The first-order chi connectivity index (χ1) is 5.79. The van der Waals surface area contributed by atoms with Crippen LogP contribution in [0, 0.1) is 5.41 Å². The molecule has 1 aliphatic carbocycles. The molecule has 3 heteroatoms. The van der Waals surface area contributed by atoms with Gasteiger partial charge >= 0.3 is 0 Å². The standard InChI is InChI=1S/C9H16BNO/c1-2-11-7-9(3-4-9)5-8(11)6-12-10/h8H,2-7H2,1H3. The molecule has 2 aliphatic rings. The van der Waals surface area contributed by atoms with Crippen molar-refractivity contribution in [2.75, 3.05) is 19.7 Å². The van der Waals surface area contributed by atoms with Crippen LogP contribution in [0.15, 0.2) is 0 Å². The van der Waals surface area contributed by atoms with E-state index < -0.39 is 0 Å². The van der Waals surface area contributed by atoms with Gasteiger partial charge in [0.15, 0.2) is 0 Å². The van der Waals surface area contributed by atoms with Crippen molar-refractivity contribution >= 4 is 8.05 Å². The Bertz CT molecular complexity index is 170. The molecule has 2 radical (unpaired) electrons. The van der Waals surface area contributed by atoms with E-state index in [-0.39, 0.29) is 0 Å². The molecule has 66 valence electrons. The molecule has 2 rings (SSSR count). The molecule has 1 atom stereocenters. The van der Waals surface area contributed by atoms with E-state index in [0.717, 1.165) is 6.54 Å². The molecular weight excluding hydrogens is 149 g/mol. The van der Waals surface area contributed by atoms with Gasteiger partial charge in [0.25, 0.3) is 8.05 Å². The van der Waals surface area contributed by atoms with Gasteiger partial charge < -0.3 is 4.65 Å². The van der Waals surface area contributed by atoms with Crippen LogP contribution in [0.2, 0.25) is 0 Å². The number of rotatable bonds is 3. The summed E-state index contributed by atoms with van der Waals surface area (Å²) in [4.78, 5) is 2.50. The van der Waals surface area contributed by atoms with Crippen molar-refractivity contribution in [1.82, 2.24) is 4.90 Å². The molecule has 1 unspecified atom stereocenters. The predicted molar refractivity (Wildman–Crippen MR) is 49.0 cm³/mol. The summed E-state index contributed by atoms with van der Waals surface area (Å²) in [6.45, 7) is 5.33. The summed E-state index contributed by atoms with van der Waals surface area (Å²) in [5.74, 6) is 0. The fraction of sp³-hybridized carbons (Fsp3) is 1.00. The molecule has 12 heavy (non-hydrogen) atoms. The van der Waals surface area contributed by atoms with E-state index >= 15 is 0 Å². The van der Waals surface area contributed by atoms with Crippen molar-refractivity contribution in [1.29, 1.82) is 0 Å². The van der Waals surface area contributed by atoms with Crippen LogP contribution in [-0.2, 0) is 4.65 Å². The average molecular weight is 165 g/mol. The van der Waals surface area contributed by atoms with Crippen molar-refractivity contribution in [3.05, 3.63) is 0 Å². The zero-order chi connectivity index (χ0) is 8.60. The lowest BCUT2D eigenvalue weighted by atomic mass is 10.0. The highest BCUT2D eigenvalue weighted by Gasteiger charge is 2.51. The van der Waals surface area contributed by atoms with Gasteiger partial charge in [-0.1, -0.05) is 6.92 Å². The molecule has 2 fully saturated rings. The van der Waals surface area contributed by atoms with Crippen molar-refractivity contribution in [3.63, 3.8) is 0 Å². The van der Waals surface area contributed by atoms with Crippen molar-refractivity contribution in [2.45, 2.75) is 32.2 Å². The maximum Gasteiger partial charge on any atom is 0.282 e. The highest BCUT2D eigenvalue weighted by atomic mass is 16.4. The fourth-order valence-electron chi connectivity index (χ4n) is 2.44. The van der Waals surface area contributed by atoms with Gasteiger partial charge in [0.1, 0.15) is 0 Å². The molecule has 0 N–H and O–H groups in total. The van der Waals surface area contributed by atoms with E-state index in [2.05, 4.69) is 11.8 Å². The molecule has 0 aromatic rings. The second-order valence-corrected chi connectivity index (χ2v) is 4.25. The summed E-state index contributed by atoms with van der Waals surface area (Å²) in [7, 11) is 5.11. The number of nitrogens with zero attached hydrogens (tertiary/aromatic N) is 1. The smallest absolute Gasteiger partial charge is 0.282 e. The maximum atomic E-state index is 5.11. The van der Waals surface area contributed by atoms with E-state index in [1.165, 1.54) is 25.8 Å². The molecule has 1 spiro atoms. The topological polar surface area (TPSA) is 12.5 Å². The molecule has 0 aromatic heterocycles. The molecule has 1 heterocycles. The van der Waals surface area contributed by atoms with Gasteiger partial charge in [-0.2, -0.15) is 0 Å². The van der Waals surface area contributed by atoms with Crippen molar-refractivity contribution in [3.8, 4) is 0 Å². The Morgan fingerprint density at radius 1 is 1.58 bits per heavy atom. The van der Waals surface area contributed by atoms with E-state index in [0.29, 0.717) is 18.1 Å². The molecule has 1 saturated carbocycles. The molecule has 0 bridgehead atoms. The summed E-state index contributed by atoms with van der Waals surface area (Å²) in [6, 6.07) is 0.586.